The molecule has 5 heterocycles. The highest BCUT2D eigenvalue weighted by Crippen LogP contribution is 2.82. The van der Waals surface area contributed by atoms with Gasteiger partial charge in [0.2, 0.25) is 0 Å². The number of aliphatic carboxylic acids is 1. The average molecular weight is 1320 g/mol. The molecule has 0 amide bonds. The topological polar surface area (TPSA) is 436 Å². The van der Waals surface area contributed by atoms with Gasteiger partial charge in [0.1, 0.15) is 103 Å². The van der Waals surface area contributed by atoms with E-state index in [0.717, 1.165) is 0 Å². The molecule has 34 atom stereocenters. The number of carbonyl (C=O) groups excluding carboxylic acids is 2. The fourth-order valence-electron chi connectivity index (χ4n) is 19.2. The van der Waals surface area contributed by atoms with Crippen molar-refractivity contribution < 1.29 is 138 Å². The molecule has 28 nitrogen and oxygen atoms in total. The van der Waals surface area contributed by atoms with Gasteiger partial charge >= 0.3 is 17.9 Å². The lowest BCUT2D eigenvalue weighted by atomic mass is 9.30. The lowest BCUT2D eigenvalue weighted by Crippen LogP contribution is -2.77. The number of hydrogen-bond acceptors (Lipinski definition) is 27. The number of rotatable bonds is 16. The zero-order chi connectivity index (χ0) is 67.8. The molecule has 0 aromatic rings. The maximum Gasteiger partial charge on any atom is 0.335 e. The largest absolute Gasteiger partial charge is 0.479 e. The van der Waals surface area contributed by atoms with Crippen molar-refractivity contribution in [2.75, 3.05) is 13.2 Å². The molecule has 5 saturated heterocycles. The van der Waals surface area contributed by atoms with E-state index in [2.05, 4.69) is 20.8 Å². The van der Waals surface area contributed by atoms with Crippen molar-refractivity contribution in [3.8, 4) is 0 Å². The van der Waals surface area contributed by atoms with Crippen LogP contribution < -0.4 is 0 Å². The molecule has 1 spiro atoms. The zero-order valence-electron chi connectivity index (χ0n) is 54.6. The van der Waals surface area contributed by atoms with Gasteiger partial charge in [0.05, 0.1) is 43.0 Å². The third kappa shape index (κ3) is 11.1. The Bertz CT molecular complexity index is 2700. The van der Waals surface area contributed by atoms with Crippen LogP contribution >= 0.6 is 0 Å². The fourth-order valence-corrected chi connectivity index (χ4v) is 19.2. The number of fused-ring (bicyclic) bond motifs is 4. The summed E-state index contributed by atoms with van der Waals surface area (Å²) < 4.78 is 69.7. The van der Waals surface area contributed by atoms with E-state index in [9.17, 15) is 85.9 Å². The summed E-state index contributed by atoms with van der Waals surface area (Å²) in [5.41, 5.74) is -6.05. The van der Waals surface area contributed by atoms with Gasteiger partial charge in [-0.05, 0) is 112 Å². The number of carbonyl (C=O) groups is 3. The molecule has 0 radical (unpaired) electrons. The Balaban J connectivity index is 0.996. The number of ether oxygens (including phenoxy) is 11. The summed E-state index contributed by atoms with van der Waals surface area (Å²) in [5, 5.41) is 157. The first-order valence-corrected chi connectivity index (χ1v) is 32.8. The smallest absolute Gasteiger partial charge is 0.335 e. The van der Waals surface area contributed by atoms with Gasteiger partial charge in [-0.1, -0.05) is 68.4 Å². The number of carboxylic acids is 1. The third-order valence-electron chi connectivity index (χ3n) is 25.0. The van der Waals surface area contributed by atoms with E-state index >= 15 is 0 Å². The predicted molar refractivity (Wildman–Crippen MR) is 312 cm³/mol. The fraction of sp³-hybridized carbons (Fsp3) is 0.922. The average Bonchev–Trinajstić information content (AvgIpc) is 1.37. The Morgan fingerprint density at radius 1 is 0.598 bits per heavy atom. The van der Waals surface area contributed by atoms with Crippen LogP contribution in [0.25, 0.3) is 0 Å². The van der Waals surface area contributed by atoms with E-state index in [1.54, 1.807) is 26.8 Å². The molecule has 10 fully saturated rings. The minimum Gasteiger partial charge on any atom is -0.479 e. The number of esters is 2. The van der Waals surface area contributed by atoms with Gasteiger partial charge in [0, 0.05) is 16.9 Å². The van der Waals surface area contributed by atoms with Gasteiger partial charge < -0.3 is 124 Å². The van der Waals surface area contributed by atoms with Crippen molar-refractivity contribution in [3.63, 3.8) is 0 Å². The second-order valence-corrected chi connectivity index (χ2v) is 30.4. The number of carboxylic acid groups (broad SMARTS) is 1. The van der Waals surface area contributed by atoms with Crippen LogP contribution in [0.3, 0.4) is 0 Å². The molecular weight excluding hydrogens is 1220 g/mol. The van der Waals surface area contributed by atoms with Gasteiger partial charge in [-0.15, -0.1) is 0 Å². The van der Waals surface area contributed by atoms with Crippen LogP contribution in [0, 0.1) is 56.2 Å². The summed E-state index contributed by atoms with van der Waals surface area (Å²) in [7, 11) is 0. The van der Waals surface area contributed by atoms with E-state index in [1.807, 2.05) is 34.6 Å². The first-order valence-electron chi connectivity index (χ1n) is 32.8. The van der Waals surface area contributed by atoms with Crippen molar-refractivity contribution in [3.05, 3.63) is 11.6 Å². The standard InChI is InChI=1S/C64H102O28/c1-13-25(3)51(79)85-34-22-62(12)61(11)19-15-30-59(8,9)33(17-18-60(30,10)31(61)16-20-63(62)32-21-58(6,7)48(76)49(64(32,34)57(81)92-63)91-52(80)26(4)14-2)86-56-47(90-54-42(74)39(71)36(68)28(23-65)83-54)44(43(75)45(88-56)50(77)78)87-55-46(40(72)37(69)29(24-66)84-55)89-53-41(73)38(70)35(67)27(5)82-53/h14,25,27-49,53-57,65-76,81H,13,15-24H2,1-12H3,(H,77,78). The Labute approximate surface area is 535 Å². The Kier molecular flexibility index (Phi) is 20.2. The highest BCUT2D eigenvalue weighted by Gasteiger charge is 2.86. The summed E-state index contributed by atoms with van der Waals surface area (Å²) in [6.45, 7) is 21.0. The summed E-state index contributed by atoms with van der Waals surface area (Å²) in [6, 6.07) is 0. The molecule has 10 rings (SSSR count). The molecule has 34 unspecified atom stereocenters. The quantitative estimate of drug-likeness (QED) is 0.0508. The second kappa shape index (κ2) is 25.8. The number of hydrogen-bond donors (Lipinski definition) is 14. The second-order valence-electron chi connectivity index (χ2n) is 30.4. The SMILES string of the molecule is CC=C(C)C(=O)OC1C(O)C(C)(C)CC2C13C(O)OC21CCC2C4(C)CCC(OC5OC(C(=O)O)C(O)C(OC6OC(CO)C(O)C(O)C6OC6OC(C)C(O)C(O)C6O)C5OC5OC(CO)C(O)C(O)C5O)C(C)(C)C4CCC2(C)C1(C)CC3OC(=O)C(C)CC. The summed E-state index contributed by atoms with van der Waals surface area (Å²) in [5.74, 6) is -4.28. The zero-order valence-corrected chi connectivity index (χ0v) is 54.6. The molecule has 92 heavy (non-hydrogen) atoms. The summed E-state index contributed by atoms with van der Waals surface area (Å²) >= 11 is 0. The Morgan fingerprint density at radius 3 is 1.77 bits per heavy atom. The van der Waals surface area contributed by atoms with Crippen molar-refractivity contribution in [1.82, 2.24) is 0 Å². The lowest BCUT2D eigenvalue weighted by molar-refractivity contribution is -0.406. The van der Waals surface area contributed by atoms with Gasteiger partial charge in [0.15, 0.2) is 37.6 Å². The molecule has 526 valence electrons. The normalized spacial score (nSPS) is 52.5. The van der Waals surface area contributed by atoms with E-state index in [-0.39, 0.29) is 24.7 Å². The van der Waals surface area contributed by atoms with Crippen LogP contribution in [0.5, 0.6) is 0 Å². The van der Waals surface area contributed by atoms with Crippen LogP contribution in [0.2, 0.25) is 0 Å². The summed E-state index contributed by atoms with van der Waals surface area (Å²) in [6.07, 6.45) is -38.9. The molecule has 28 heteroatoms. The minimum atomic E-state index is -2.30. The molecule has 5 aliphatic carbocycles. The van der Waals surface area contributed by atoms with Crippen LogP contribution in [-0.2, 0) is 66.5 Å². The first kappa shape index (κ1) is 72.0. The maximum atomic E-state index is 14.3. The number of allylic oxidation sites excluding steroid dienone is 1. The lowest BCUT2D eigenvalue weighted by Gasteiger charge is -2.75. The van der Waals surface area contributed by atoms with Gasteiger partial charge in [-0.3, -0.25) is 4.79 Å². The molecule has 2 bridgehead atoms. The van der Waals surface area contributed by atoms with Gasteiger partial charge in [0.25, 0.3) is 0 Å². The molecule has 5 aliphatic heterocycles. The Morgan fingerprint density at radius 2 is 1.16 bits per heavy atom. The van der Waals surface area contributed by atoms with E-state index in [1.165, 1.54) is 6.92 Å². The molecular formula is C64H102O28. The van der Waals surface area contributed by atoms with Gasteiger partial charge in [-0.25, -0.2) is 9.59 Å². The highest BCUT2D eigenvalue weighted by molar-refractivity contribution is 5.87. The van der Waals surface area contributed by atoms with E-state index in [4.69, 9.17) is 52.1 Å². The van der Waals surface area contributed by atoms with Crippen LogP contribution in [0.4, 0.5) is 0 Å². The highest BCUT2D eigenvalue weighted by atomic mass is 16.8. The summed E-state index contributed by atoms with van der Waals surface area (Å²) in [4.78, 5) is 41.6. The van der Waals surface area contributed by atoms with Crippen LogP contribution in [0.15, 0.2) is 11.6 Å². The molecule has 10 aliphatic rings. The van der Waals surface area contributed by atoms with Crippen molar-refractivity contribution in [1.29, 1.82) is 0 Å². The van der Waals surface area contributed by atoms with Gasteiger partial charge in [-0.2, -0.15) is 0 Å². The van der Waals surface area contributed by atoms with E-state index < -0.39 is 235 Å². The van der Waals surface area contributed by atoms with Crippen molar-refractivity contribution in [2.24, 2.45) is 56.2 Å². The molecule has 0 aromatic heterocycles. The van der Waals surface area contributed by atoms with E-state index in [0.29, 0.717) is 50.5 Å². The minimum absolute atomic E-state index is 0.0750. The number of aliphatic hydroxyl groups is 13. The predicted octanol–water partition coefficient (Wildman–Crippen LogP) is -0.857. The van der Waals surface area contributed by atoms with Crippen LogP contribution in [-0.4, -0.2) is 262 Å². The Hall–Kier alpha value is -2.73. The molecule has 5 saturated carbocycles. The van der Waals surface area contributed by atoms with Crippen molar-refractivity contribution >= 4 is 17.9 Å². The molecule has 0 aromatic carbocycles. The maximum absolute atomic E-state index is 14.3. The number of aliphatic hydroxyl groups excluding tert-OH is 13. The molecule has 14 N–H and O–H groups in total. The monoisotopic (exact) mass is 1320 g/mol. The first-order chi connectivity index (χ1) is 42.9. The third-order valence-corrected chi connectivity index (χ3v) is 25.0. The van der Waals surface area contributed by atoms with Crippen molar-refractivity contribution in [2.45, 2.75) is 300 Å². The van der Waals surface area contributed by atoms with Crippen LogP contribution in [0.1, 0.15) is 141 Å².